The third-order valence-corrected chi connectivity index (χ3v) is 3.71. The van der Waals surface area contributed by atoms with Crippen molar-refractivity contribution in [1.29, 1.82) is 0 Å². The molecule has 2 aromatic rings. The van der Waals surface area contributed by atoms with Gasteiger partial charge in [0.1, 0.15) is 5.82 Å². The molecule has 2 rings (SSSR count). The molecule has 1 aromatic heterocycles. The molecule has 2 nitrogen and oxygen atoms in total. The van der Waals surface area contributed by atoms with Crippen LogP contribution in [0.25, 0.3) is 0 Å². The molecular weight excluding hydrogens is 291 g/mol. The van der Waals surface area contributed by atoms with Crippen LogP contribution in [-0.4, -0.2) is 11.5 Å². The number of rotatable bonds is 6. The fraction of sp³-hybridized carbons (Fsp3) is 0.312. The van der Waals surface area contributed by atoms with Crippen LogP contribution in [0.1, 0.15) is 25.5 Å². The summed E-state index contributed by atoms with van der Waals surface area (Å²) in [6.07, 6.45) is 2.24. The Morgan fingerprint density at radius 3 is 2.50 bits per heavy atom. The molecule has 4 heteroatoms. The van der Waals surface area contributed by atoms with E-state index in [1.54, 1.807) is 0 Å². The lowest BCUT2D eigenvalue weighted by Crippen LogP contribution is -2.19. The highest BCUT2D eigenvalue weighted by atomic mass is 35.5. The maximum Gasteiger partial charge on any atom is 0.133 e. The normalized spacial score (nSPS) is 10.6. The summed E-state index contributed by atoms with van der Waals surface area (Å²) in [5, 5.41) is 0.618. The number of hydrogen-bond acceptors (Lipinski definition) is 2. The van der Waals surface area contributed by atoms with Gasteiger partial charge >= 0.3 is 0 Å². The van der Waals surface area contributed by atoms with Crippen LogP contribution >= 0.6 is 23.2 Å². The number of benzene rings is 1. The first-order valence-electron chi connectivity index (χ1n) is 6.80. The zero-order chi connectivity index (χ0) is 14.4. The number of para-hydroxylation sites is 1. The van der Waals surface area contributed by atoms with E-state index in [9.17, 15) is 0 Å². The van der Waals surface area contributed by atoms with Crippen LogP contribution in [0.15, 0.2) is 42.5 Å². The highest BCUT2D eigenvalue weighted by Gasteiger charge is 2.12. The average molecular weight is 309 g/mol. The molecule has 0 atom stereocenters. The quantitative estimate of drug-likeness (QED) is 0.663. The van der Waals surface area contributed by atoms with Crippen LogP contribution in [0, 0.1) is 0 Å². The van der Waals surface area contributed by atoms with Crippen molar-refractivity contribution in [3.8, 4) is 0 Å². The van der Waals surface area contributed by atoms with Gasteiger partial charge in [-0.2, -0.15) is 0 Å². The van der Waals surface area contributed by atoms with E-state index in [2.05, 4.69) is 28.9 Å². The second kappa shape index (κ2) is 7.51. The van der Waals surface area contributed by atoms with Gasteiger partial charge in [-0.15, -0.1) is 11.6 Å². The van der Waals surface area contributed by atoms with Gasteiger partial charge in [0.05, 0.1) is 16.6 Å². The monoisotopic (exact) mass is 308 g/mol. The molecule has 0 unspecified atom stereocenters. The predicted molar refractivity (Wildman–Crippen MR) is 87.2 cm³/mol. The third-order valence-electron chi connectivity index (χ3n) is 3.11. The molecule has 0 amide bonds. The predicted octanol–water partition coefficient (Wildman–Crippen LogP) is 5.41. The Kier molecular flexibility index (Phi) is 5.69. The van der Waals surface area contributed by atoms with Gasteiger partial charge in [0.15, 0.2) is 0 Å². The van der Waals surface area contributed by atoms with Crippen molar-refractivity contribution in [2.75, 3.05) is 11.4 Å². The Hall–Kier alpha value is -1.25. The summed E-state index contributed by atoms with van der Waals surface area (Å²) in [4.78, 5) is 6.79. The van der Waals surface area contributed by atoms with E-state index < -0.39 is 0 Å². The topological polar surface area (TPSA) is 16.1 Å². The molecule has 0 aliphatic rings. The summed E-state index contributed by atoms with van der Waals surface area (Å²) in [5.74, 6) is 1.22. The molecule has 0 aliphatic carbocycles. The number of anilines is 2. The number of pyridine rings is 1. The largest absolute Gasteiger partial charge is 0.326 e. The summed E-state index contributed by atoms with van der Waals surface area (Å²) >= 11 is 12.0. The van der Waals surface area contributed by atoms with Crippen molar-refractivity contribution >= 4 is 34.7 Å². The first-order valence-corrected chi connectivity index (χ1v) is 7.71. The lowest BCUT2D eigenvalue weighted by molar-refractivity contribution is 0.778. The zero-order valence-corrected chi connectivity index (χ0v) is 13.0. The number of hydrogen-bond donors (Lipinski definition) is 0. The molecule has 0 bridgehead atoms. The van der Waals surface area contributed by atoms with Crippen molar-refractivity contribution in [3.05, 3.63) is 53.2 Å². The molecule has 1 heterocycles. The molecule has 0 fully saturated rings. The van der Waals surface area contributed by atoms with E-state index >= 15 is 0 Å². The van der Waals surface area contributed by atoms with Gasteiger partial charge in [-0.25, -0.2) is 4.98 Å². The van der Waals surface area contributed by atoms with Crippen LogP contribution in [0.2, 0.25) is 5.02 Å². The summed E-state index contributed by atoms with van der Waals surface area (Å²) < 4.78 is 0. The number of unbranched alkanes of at least 4 members (excludes halogenated alkanes) is 1. The second-order valence-corrected chi connectivity index (χ2v) is 5.25. The third kappa shape index (κ3) is 3.65. The van der Waals surface area contributed by atoms with Crippen LogP contribution in [-0.2, 0) is 5.88 Å². The fourth-order valence-electron chi connectivity index (χ4n) is 2.02. The minimum Gasteiger partial charge on any atom is -0.326 e. The van der Waals surface area contributed by atoms with Crippen LogP contribution in [0.5, 0.6) is 0 Å². The first-order chi connectivity index (χ1) is 9.76. The van der Waals surface area contributed by atoms with Crippen molar-refractivity contribution in [1.82, 2.24) is 4.98 Å². The average Bonchev–Trinajstić information content (AvgIpc) is 2.50. The molecule has 0 aliphatic heterocycles. The van der Waals surface area contributed by atoms with Gasteiger partial charge in [-0.05, 0) is 30.7 Å². The van der Waals surface area contributed by atoms with E-state index in [1.807, 2.05) is 30.3 Å². The Morgan fingerprint density at radius 2 is 1.85 bits per heavy atom. The number of halogens is 2. The van der Waals surface area contributed by atoms with Gasteiger partial charge in [0.25, 0.3) is 0 Å². The standard InChI is InChI=1S/C16H18Cl2N2/c1-2-3-11-20(13-7-5-4-6-8-13)16-10-9-14(18)15(12-17)19-16/h4-10H,2-3,11-12H2,1H3. The zero-order valence-electron chi connectivity index (χ0n) is 11.5. The molecule has 0 saturated carbocycles. The molecule has 20 heavy (non-hydrogen) atoms. The Bertz CT molecular complexity index is 543. The summed E-state index contributed by atoms with van der Waals surface area (Å²) in [7, 11) is 0. The van der Waals surface area contributed by atoms with E-state index in [4.69, 9.17) is 23.2 Å². The molecule has 0 saturated heterocycles. The summed E-state index contributed by atoms with van der Waals surface area (Å²) in [6, 6.07) is 14.1. The van der Waals surface area contributed by atoms with Crippen LogP contribution in [0.3, 0.4) is 0 Å². The lowest BCUT2D eigenvalue weighted by atomic mass is 10.2. The maximum absolute atomic E-state index is 6.09. The second-order valence-electron chi connectivity index (χ2n) is 4.57. The molecule has 1 aromatic carbocycles. The van der Waals surface area contributed by atoms with E-state index in [0.717, 1.165) is 36.6 Å². The Labute approximate surface area is 130 Å². The molecule has 0 radical (unpaired) electrons. The van der Waals surface area contributed by atoms with E-state index in [1.165, 1.54) is 0 Å². The van der Waals surface area contributed by atoms with Gasteiger partial charge in [-0.1, -0.05) is 43.1 Å². The SMILES string of the molecule is CCCCN(c1ccccc1)c1ccc(Cl)c(CCl)n1. The minimum absolute atomic E-state index is 0.323. The van der Waals surface area contributed by atoms with Crippen LogP contribution < -0.4 is 4.90 Å². The van der Waals surface area contributed by atoms with Gasteiger partial charge < -0.3 is 4.90 Å². The Morgan fingerprint density at radius 1 is 1.10 bits per heavy atom. The minimum atomic E-state index is 0.323. The molecule has 106 valence electrons. The molecular formula is C16H18Cl2N2. The number of alkyl halides is 1. The lowest BCUT2D eigenvalue weighted by Gasteiger charge is -2.24. The summed E-state index contributed by atoms with van der Waals surface area (Å²) in [6.45, 7) is 3.11. The highest BCUT2D eigenvalue weighted by Crippen LogP contribution is 2.27. The van der Waals surface area contributed by atoms with Crippen molar-refractivity contribution in [2.24, 2.45) is 0 Å². The van der Waals surface area contributed by atoms with Gasteiger partial charge in [0.2, 0.25) is 0 Å². The number of nitrogens with zero attached hydrogens (tertiary/aromatic N) is 2. The number of aromatic nitrogens is 1. The Balaban J connectivity index is 2.36. The van der Waals surface area contributed by atoms with Crippen LogP contribution in [0.4, 0.5) is 11.5 Å². The van der Waals surface area contributed by atoms with Gasteiger partial charge in [-0.3, -0.25) is 0 Å². The first kappa shape index (κ1) is 15.1. The molecule has 0 N–H and O–H groups in total. The van der Waals surface area contributed by atoms with Crippen molar-refractivity contribution in [3.63, 3.8) is 0 Å². The van der Waals surface area contributed by atoms with Crippen molar-refractivity contribution in [2.45, 2.75) is 25.6 Å². The molecule has 0 spiro atoms. The van der Waals surface area contributed by atoms with E-state index in [-0.39, 0.29) is 0 Å². The van der Waals surface area contributed by atoms with E-state index in [0.29, 0.717) is 10.9 Å². The smallest absolute Gasteiger partial charge is 0.133 e. The van der Waals surface area contributed by atoms with Gasteiger partial charge in [0, 0.05) is 12.2 Å². The van der Waals surface area contributed by atoms with Crippen molar-refractivity contribution < 1.29 is 0 Å². The maximum atomic E-state index is 6.09. The summed E-state index contributed by atoms with van der Waals surface area (Å²) in [5.41, 5.74) is 1.86. The highest BCUT2D eigenvalue weighted by molar-refractivity contribution is 6.32. The fourth-order valence-corrected chi connectivity index (χ4v) is 2.46.